The van der Waals surface area contributed by atoms with Crippen LogP contribution in [0, 0.1) is 11.8 Å². The van der Waals surface area contributed by atoms with Crippen LogP contribution < -0.4 is 11.1 Å². The summed E-state index contributed by atoms with van der Waals surface area (Å²) in [6, 6.07) is 1.33. The largest absolute Gasteiger partial charge is 0.353 e. The normalized spacial score (nSPS) is 42.2. The zero-order chi connectivity index (χ0) is 14.1. The van der Waals surface area contributed by atoms with Gasteiger partial charge in [-0.15, -0.1) is 0 Å². The minimum atomic E-state index is 0.155. The van der Waals surface area contributed by atoms with Crippen molar-refractivity contribution in [2.45, 2.75) is 70.0 Å². The third-order valence-corrected chi connectivity index (χ3v) is 5.80. The molecule has 1 saturated carbocycles. The van der Waals surface area contributed by atoms with E-state index in [0.717, 1.165) is 44.7 Å². The summed E-state index contributed by atoms with van der Waals surface area (Å²) >= 11 is 0. The monoisotopic (exact) mass is 279 g/mol. The third-order valence-electron chi connectivity index (χ3n) is 5.80. The average Bonchev–Trinajstić information content (AvgIpc) is 2.89. The molecule has 114 valence electrons. The minimum absolute atomic E-state index is 0.155. The molecule has 0 radical (unpaired) electrons. The molecule has 0 aromatic carbocycles. The van der Waals surface area contributed by atoms with E-state index >= 15 is 0 Å². The molecule has 1 amide bonds. The van der Waals surface area contributed by atoms with Crippen molar-refractivity contribution in [1.82, 2.24) is 10.2 Å². The highest BCUT2D eigenvalue weighted by atomic mass is 16.1. The summed E-state index contributed by atoms with van der Waals surface area (Å²) in [6.45, 7) is 4.63. The van der Waals surface area contributed by atoms with E-state index in [4.69, 9.17) is 5.73 Å². The molecule has 4 nitrogen and oxygen atoms in total. The Morgan fingerprint density at radius 1 is 1.15 bits per heavy atom. The Kier molecular flexibility index (Phi) is 4.32. The van der Waals surface area contributed by atoms with Crippen molar-refractivity contribution in [1.29, 1.82) is 0 Å². The number of fused-ring (bicyclic) bond motifs is 1. The fraction of sp³-hybridized carbons (Fsp3) is 0.938. The Bertz CT molecular complexity index is 360. The Balaban J connectivity index is 1.49. The second-order valence-electron chi connectivity index (χ2n) is 7.21. The fourth-order valence-corrected chi connectivity index (χ4v) is 4.27. The van der Waals surface area contributed by atoms with Crippen LogP contribution in [0.4, 0.5) is 0 Å². The molecular weight excluding hydrogens is 250 g/mol. The van der Waals surface area contributed by atoms with Gasteiger partial charge in [0.25, 0.3) is 0 Å². The highest BCUT2D eigenvalue weighted by Gasteiger charge is 2.34. The number of nitrogens with one attached hydrogen (secondary N) is 1. The first-order valence-corrected chi connectivity index (χ1v) is 8.43. The number of carbonyl (C=O) groups excluding carboxylic acids is 1. The van der Waals surface area contributed by atoms with Crippen LogP contribution in [0.1, 0.15) is 51.9 Å². The molecule has 20 heavy (non-hydrogen) atoms. The zero-order valence-corrected chi connectivity index (χ0v) is 12.7. The third kappa shape index (κ3) is 3.01. The molecule has 5 unspecified atom stereocenters. The molecule has 0 bridgehead atoms. The number of hydrogen-bond acceptors (Lipinski definition) is 3. The van der Waals surface area contributed by atoms with Gasteiger partial charge in [0, 0.05) is 30.6 Å². The number of hydrogen-bond donors (Lipinski definition) is 2. The van der Waals surface area contributed by atoms with Gasteiger partial charge in [0.2, 0.25) is 5.91 Å². The number of rotatable bonds is 2. The van der Waals surface area contributed by atoms with Gasteiger partial charge in [-0.25, -0.2) is 0 Å². The number of piperidine rings is 1. The number of nitrogens with zero attached hydrogens (tertiary/aromatic N) is 1. The maximum Gasteiger partial charge on any atom is 0.223 e. The van der Waals surface area contributed by atoms with Gasteiger partial charge in [-0.05, 0) is 57.4 Å². The van der Waals surface area contributed by atoms with Gasteiger partial charge in [0.15, 0.2) is 0 Å². The summed E-state index contributed by atoms with van der Waals surface area (Å²) in [5.74, 6) is 0.993. The number of carbonyl (C=O) groups is 1. The van der Waals surface area contributed by atoms with E-state index in [1.807, 2.05) is 0 Å². The van der Waals surface area contributed by atoms with Crippen molar-refractivity contribution in [3.8, 4) is 0 Å². The maximum absolute atomic E-state index is 12.4. The molecule has 0 aromatic heterocycles. The SMILES string of the molecule is CC1CCC(C(=O)NC2CCN3CCCC3C2)CC1N. The summed E-state index contributed by atoms with van der Waals surface area (Å²) in [6.07, 6.45) is 7.91. The van der Waals surface area contributed by atoms with Crippen LogP contribution in [-0.2, 0) is 4.79 Å². The zero-order valence-electron chi connectivity index (χ0n) is 12.7. The van der Waals surface area contributed by atoms with E-state index in [1.165, 1.54) is 19.4 Å². The Morgan fingerprint density at radius 2 is 2.00 bits per heavy atom. The molecular formula is C16H29N3O. The van der Waals surface area contributed by atoms with Gasteiger partial charge in [-0.1, -0.05) is 6.92 Å². The van der Waals surface area contributed by atoms with Gasteiger partial charge >= 0.3 is 0 Å². The van der Waals surface area contributed by atoms with Crippen molar-refractivity contribution in [3.63, 3.8) is 0 Å². The van der Waals surface area contributed by atoms with E-state index in [-0.39, 0.29) is 17.9 Å². The second-order valence-corrected chi connectivity index (χ2v) is 7.21. The van der Waals surface area contributed by atoms with E-state index in [2.05, 4.69) is 17.1 Å². The lowest BCUT2D eigenvalue weighted by Crippen LogP contribution is -2.50. The predicted molar refractivity (Wildman–Crippen MR) is 80.2 cm³/mol. The highest BCUT2D eigenvalue weighted by Crippen LogP contribution is 2.30. The second kappa shape index (κ2) is 6.02. The van der Waals surface area contributed by atoms with E-state index in [9.17, 15) is 4.79 Å². The Morgan fingerprint density at radius 3 is 2.80 bits per heavy atom. The smallest absolute Gasteiger partial charge is 0.223 e. The van der Waals surface area contributed by atoms with Crippen LogP contribution in [0.2, 0.25) is 0 Å². The predicted octanol–water partition coefficient (Wildman–Crippen LogP) is 1.49. The summed E-state index contributed by atoms with van der Waals surface area (Å²) in [5, 5.41) is 3.32. The number of amides is 1. The molecule has 2 aliphatic heterocycles. The molecule has 1 aliphatic carbocycles. The van der Waals surface area contributed by atoms with Crippen molar-refractivity contribution >= 4 is 5.91 Å². The van der Waals surface area contributed by atoms with Crippen LogP contribution in [0.25, 0.3) is 0 Å². The maximum atomic E-state index is 12.4. The average molecular weight is 279 g/mol. The first kappa shape index (κ1) is 14.3. The van der Waals surface area contributed by atoms with Gasteiger partial charge in [0.1, 0.15) is 0 Å². The van der Waals surface area contributed by atoms with E-state index in [1.54, 1.807) is 0 Å². The van der Waals surface area contributed by atoms with Crippen LogP contribution in [0.5, 0.6) is 0 Å². The standard InChI is InChI=1S/C16H29N3O/c1-11-4-5-12(9-15(11)17)16(20)18-13-6-8-19-7-2-3-14(19)10-13/h11-15H,2-10,17H2,1H3,(H,18,20). The Labute approximate surface area is 122 Å². The molecule has 4 heteroatoms. The molecule has 5 atom stereocenters. The molecule has 3 fully saturated rings. The van der Waals surface area contributed by atoms with Gasteiger partial charge in [-0.3, -0.25) is 4.79 Å². The highest BCUT2D eigenvalue weighted by molar-refractivity contribution is 5.79. The van der Waals surface area contributed by atoms with Crippen molar-refractivity contribution in [2.24, 2.45) is 17.6 Å². The first-order chi connectivity index (χ1) is 9.63. The van der Waals surface area contributed by atoms with E-state index < -0.39 is 0 Å². The first-order valence-electron chi connectivity index (χ1n) is 8.43. The van der Waals surface area contributed by atoms with E-state index in [0.29, 0.717) is 12.0 Å². The molecule has 0 spiro atoms. The summed E-state index contributed by atoms with van der Waals surface area (Å²) < 4.78 is 0. The summed E-state index contributed by atoms with van der Waals surface area (Å²) in [5.41, 5.74) is 6.12. The lowest BCUT2D eigenvalue weighted by atomic mass is 9.79. The Hall–Kier alpha value is -0.610. The van der Waals surface area contributed by atoms with Gasteiger partial charge in [-0.2, -0.15) is 0 Å². The minimum Gasteiger partial charge on any atom is -0.353 e. The quantitative estimate of drug-likeness (QED) is 0.805. The van der Waals surface area contributed by atoms with Crippen LogP contribution in [0.15, 0.2) is 0 Å². The van der Waals surface area contributed by atoms with Crippen LogP contribution in [0.3, 0.4) is 0 Å². The van der Waals surface area contributed by atoms with Gasteiger partial charge in [0.05, 0.1) is 0 Å². The van der Waals surface area contributed by atoms with Gasteiger partial charge < -0.3 is 16.0 Å². The fourth-order valence-electron chi connectivity index (χ4n) is 4.27. The number of nitrogens with two attached hydrogens (primary N) is 1. The topological polar surface area (TPSA) is 58.4 Å². The molecule has 3 aliphatic rings. The van der Waals surface area contributed by atoms with Crippen molar-refractivity contribution < 1.29 is 4.79 Å². The van der Waals surface area contributed by atoms with Crippen LogP contribution in [-0.4, -0.2) is 42.0 Å². The summed E-state index contributed by atoms with van der Waals surface area (Å²) in [4.78, 5) is 15.0. The molecule has 3 rings (SSSR count). The molecule has 2 saturated heterocycles. The van der Waals surface area contributed by atoms with Crippen LogP contribution >= 0.6 is 0 Å². The van der Waals surface area contributed by atoms with Crippen molar-refractivity contribution in [3.05, 3.63) is 0 Å². The molecule has 0 aromatic rings. The van der Waals surface area contributed by atoms with Crippen molar-refractivity contribution in [2.75, 3.05) is 13.1 Å². The lowest BCUT2D eigenvalue weighted by molar-refractivity contribution is -0.127. The summed E-state index contributed by atoms with van der Waals surface area (Å²) in [7, 11) is 0. The molecule has 2 heterocycles. The molecule has 3 N–H and O–H groups in total. The lowest BCUT2D eigenvalue weighted by Gasteiger charge is -2.37.